The van der Waals surface area contributed by atoms with Gasteiger partial charge in [0.1, 0.15) is 6.07 Å². The third-order valence-electron chi connectivity index (χ3n) is 0.841. The first-order valence-electron chi connectivity index (χ1n) is 3.04. The molecule has 0 atom stereocenters. The van der Waals surface area contributed by atoms with E-state index in [2.05, 4.69) is 10.5 Å². The Morgan fingerprint density at radius 3 is 2.55 bits per heavy atom. The Hall–Kier alpha value is -1.57. The zero-order valence-electron chi connectivity index (χ0n) is 6.33. The zero-order chi connectivity index (χ0) is 8.85. The first-order valence-corrected chi connectivity index (χ1v) is 3.04. The maximum atomic E-state index is 10.8. The smallest absolute Gasteiger partial charge is 0.284 e. The van der Waals surface area contributed by atoms with Gasteiger partial charge in [-0.05, 0) is 13.8 Å². The maximum Gasteiger partial charge on any atom is 0.284 e. The van der Waals surface area contributed by atoms with Gasteiger partial charge in [0, 0.05) is 6.04 Å². The molecule has 0 aliphatic rings. The molecule has 0 unspecified atom stereocenters. The number of nitrogens with zero attached hydrogens (tertiary/aromatic N) is 2. The number of oxime groups is 1. The number of hydrogen-bond acceptors (Lipinski definition) is 4. The molecule has 0 aliphatic heterocycles. The van der Waals surface area contributed by atoms with Crippen LogP contribution in [0.15, 0.2) is 5.16 Å². The average molecular weight is 155 g/mol. The van der Waals surface area contributed by atoms with Crippen LogP contribution in [0.4, 0.5) is 0 Å². The van der Waals surface area contributed by atoms with E-state index in [0.29, 0.717) is 0 Å². The predicted molar refractivity (Wildman–Crippen MR) is 38.1 cm³/mol. The van der Waals surface area contributed by atoms with Crippen LogP contribution >= 0.6 is 0 Å². The molecule has 0 aromatic rings. The van der Waals surface area contributed by atoms with Gasteiger partial charge in [0.2, 0.25) is 5.71 Å². The third-order valence-corrected chi connectivity index (χ3v) is 0.841. The Balaban J connectivity index is 4.16. The molecule has 0 saturated carbocycles. The highest BCUT2D eigenvalue weighted by molar-refractivity contribution is 6.45. The van der Waals surface area contributed by atoms with Gasteiger partial charge in [0.05, 0.1) is 0 Å². The molecule has 0 radical (unpaired) electrons. The van der Waals surface area contributed by atoms with Gasteiger partial charge in [0.15, 0.2) is 0 Å². The molecule has 0 aliphatic carbocycles. The molecule has 5 heteroatoms. The number of rotatable bonds is 2. The SMILES string of the molecule is CC(C)NC(=O)/C(C#N)=N\O. The van der Waals surface area contributed by atoms with E-state index in [1.54, 1.807) is 13.8 Å². The van der Waals surface area contributed by atoms with Crippen molar-refractivity contribution in [2.75, 3.05) is 0 Å². The van der Waals surface area contributed by atoms with Crippen LogP contribution in [0.2, 0.25) is 0 Å². The van der Waals surface area contributed by atoms with E-state index in [1.807, 2.05) is 0 Å². The summed E-state index contributed by atoms with van der Waals surface area (Å²) >= 11 is 0. The highest BCUT2D eigenvalue weighted by Crippen LogP contribution is 1.80. The molecular weight excluding hydrogens is 146 g/mol. The second-order valence-corrected chi connectivity index (χ2v) is 2.19. The summed E-state index contributed by atoms with van der Waals surface area (Å²) in [5, 5.41) is 21.2. The average Bonchev–Trinajstić information content (AvgIpc) is 1.88. The van der Waals surface area contributed by atoms with Gasteiger partial charge < -0.3 is 10.5 Å². The summed E-state index contributed by atoms with van der Waals surface area (Å²) in [5.41, 5.74) is -0.529. The van der Waals surface area contributed by atoms with Gasteiger partial charge in [0.25, 0.3) is 5.91 Å². The van der Waals surface area contributed by atoms with E-state index in [9.17, 15) is 4.79 Å². The Kier molecular flexibility index (Phi) is 3.67. The van der Waals surface area contributed by atoms with Crippen LogP contribution in [0, 0.1) is 11.3 Å². The molecule has 0 saturated heterocycles. The minimum atomic E-state index is -0.662. The predicted octanol–water partition coefficient (Wildman–Crippen LogP) is -0.135. The van der Waals surface area contributed by atoms with Crippen molar-refractivity contribution in [3.8, 4) is 6.07 Å². The number of amides is 1. The fourth-order valence-corrected chi connectivity index (χ4v) is 0.449. The van der Waals surface area contributed by atoms with Crippen molar-refractivity contribution in [2.24, 2.45) is 5.16 Å². The van der Waals surface area contributed by atoms with Crippen molar-refractivity contribution in [2.45, 2.75) is 19.9 Å². The minimum Gasteiger partial charge on any atom is -0.410 e. The van der Waals surface area contributed by atoms with E-state index in [4.69, 9.17) is 10.5 Å². The van der Waals surface area contributed by atoms with Gasteiger partial charge in [-0.15, -0.1) is 0 Å². The van der Waals surface area contributed by atoms with Crippen molar-refractivity contribution in [3.05, 3.63) is 0 Å². The van der Waals surface area contributed by atoms with Crippen molar-refractivity contribution in [3.63, 3.8) is 0 Å². The minimum absolute atomic E-state index is 0.0763. The summed E-state index contributed by atoms with van der Waals surface area (Å²) in [4.78, 5) is 10.8. The molecule has 5 nitrogen and oxygen atoms in total. The topological polar surface area (TPSA) is 85.5 Å². The van der Waals surface area contributed by atoms with Crippen LogP contribution < -0.4 is 5.32 Å². The Morgan fingerprint density at radius 2 is 2.27 bits per heavy atom. The molecule has 0 heterocycles. The molecule has 0 aromatic heterocycles. The Labute approximate surface area is 64.3 Å². The van der Waals surface area contributed by atoms with Crippen LogP contribution in [0.1, 0.15) is 13.8 Å². The first-order chi connectivity index (χ1) is 5.11. The van der Waals surface area contributed by atoms with Crippen molar-refractivity contribution < 1.29 is 10.0 Å². The zero-order valence-corrected chi connectivity index (χ0v) is 6.33. The highest BCUT2D eigenvalue weighted by Gasteiger charge is 2.11. The van der Waals surface area contributed by atoms with E-state index in [1.165, 1.54) is 6.07 Å². The maximum absolute atomic E-state index is 10.8. The fraction of sp³-hybridized carbons (Fsp3) is 0.500. The monoisotopic (exact) mass is 155 g/mol. The summed E-state index contributed by atoms with van der Waals surface area (Å²) in [5.74, 6) is -0.662. The Morgan fingerprint density at radius 1 is 1.73 bits per heavy atom. The molecule has 0 aromatic carbocycles. The lowest BCUT2D eigenvalue weighted by Crippen LogP contribution is -2.35. The molecule has 1 amide bonds. The van der Waals surface area contributed by atoms with E-state index < -0.39 is 11.6 Å². The van der Waals surface area contributed by atoms with Gasteiger partial charge in [-0.25, -0.2) is 0 Å². The molecule has 0 rings (SSSR count). The molecule has 0 spiro atoms. The van der Waals surface area contributed by atoms with Crippen LogP contribution in [-0.2, 0) is 4.79 Å². The molecule has 2 N–H and O–H groups in total. The summed E-state index contributed by atoms with van der Waals surface area (Å²) in [6.45, 7) is 3.48. The molecule has 0 bridgehead atoms. The number of carbonyl (C=O) groups excluding carboxylic acids is 1. The number of nitriles is 1. The molecular formula is C6H9N3O2. The lowest BCUT2D eigenvalue weighted by molar-refractivity contribution is -0.115. The van der Waals surface area contributed by atoms with E-state index in [0.717, 1.165) is 0 Å². The number of hydrogen-bond donors (Lipinski definition) is 2. The van der Waals surface area contributed by atoms with Gasteiger partial charge in [-0.1, -0.05) is 5.16 Å². The first kappa shape index (κ1) is 9.43. The number of carbonyl (C=O) groups is 1. The van der Waals surface area contributed by atoms with E-state index >= 15 is 0 Å². The quantitative estimate of drug-likeness (QED) is 0.330. The highest BCUT2D eigenvalue weighted by atomic mass is 16.4. The van der Waals surface area contributed by atoms with Crippen LogP contribution in [0.5, 0.6) is 0 Å². The molecule has 60 valence electrons. The largest absolute Gasteiger partial charge is 0.410 e. The van der Waals surface area contributed by atoms with Crippen molar-refractivity contribution >= 4 is 11.6 Å². The summed E-state index contributed by atoms with van der Waals surface area (Å²) in [7, 11) is 0. The summed E-state index contributed by atoms with van der Waals surface area (Å²) < 4.78 is 0. The van der Waals surface area contributed by atoms with Gasteiger partial charge in [-0.3, -0.25) is 4.79 Å². The Bertz CT molecular complexity index is 214. The van der Waals surface area contributed by atoms with Crippen molar-refractivity contribution in [1.82, 2.24) is 5.32 Å². The second kappa shape index (κ2) is 4.28. The fourth-order valence-electron chi connectivity index (χ4n) is 0.449. The summed E-state index contributed by atoms with van der Waals surface area (Å²) in [6, 6.07) is 1.37. The second-order valence-electron chi connectivity index (χ2n) is 2.19. The van der Waals surface area contributed by atoms with Crippen LogP contribution in [0.3, 0.4) is 0 Å². The normalized spacial score (nSPS) is 10.9. The summed E-state index contributed by atoms with van der Waals surface area (Å²) in [6.07, 6.45) is 0. The molecule has 0 fully saturated rings. The third kappa shape index (κ3) is 3.20. The van der Waals surface area contributed by atoms with Crippen molar-refractivity contribution in [1.29, 1.82) is 5.26 Å². The molecule has 11 heavy (non-hydrogen) atoms. The van der Waals surface area contributed by atoms with Gasteiger partial charge in [-0.2, -0.15) is 5.26 Å². The van der Waals surface area contributed by atoms with E-state index in [-0.39, 0.29) is 6.04 Å². The number of nitrogens with one attached hydrogen (secondary N) is 1. The van der Waals surface area contributed by atoms with Crippen LogP contribution in [-0.4, -0.2) is 22.9 Å². The van der Waals surface area contributed by atoms with Crippen LogP contribution in [0.25, 0.3) is 0 Å². The standard InChI is InChI=1S/C6H9N3O2/c1-4(2)8-6(10)5(3-7)9-11/h4,11H,1-2H3,(H,8,10)/b9-5-. The lowest BCUT2D eigenvalue weighted by Gasteiger charge is -2.04. The lowest BCUT2D eigenvalue weighted by atomic mass is 10.3. The van der Waals surface area contributed by atoms with Gasteiger partial charge >= 0.3 is 0 Å².